The van der Waals surface area contributed by atoms with Crippen LogP contribution in [0.15, 0.2) is 0 Å². The standard InChI is InChI=1S/C24H33F7O5/c1-4-19(2,3)18(33)36-21-10-15-7-16(11-21)9-20(8-15,13-21)35-6-5-34-17(32)12-22(25,26)14-23(27,28)24(29,30)31/h15-16H,4-14H2,1-3H3. The van der Waals surface area contributed by atoms with Gasteiger partial charge in [0.1, 0.15) is 18.6 Å². The van der Waals surface area contributed by atoms with Gasteiger partial charge in [0.05, 0.1) is 24.0 Å². The molecule has 208 valence electrons. The van der Waals surface area contributed by atoms with Crippen LogP contribution in [0.1, 0.15) is 78.6 Å². The molecule has 4 fully saturated rings. The smallest absolute Gasteiger partial charge is 0.453 e. The van der Waals surface area contributed by atoms with E-state index < -0.39 is 60.1 Å². The SMILES string of the molecule is CCC(C)(C)C(=O)OC12CC3CC(CC(OCCOC(=O)CC(F)(F)CC(F)(F)C(F)(F)F)(C3)C1)C2. The summed E-state index contributed by atoms with van der Waals surface area (Å²) in [6.45, 7) is 4.93. The molecule has 0 aromatic carbocycles. The normalized spacial score (nSPS) is 30.4. The highest BCUT2D eigenvalue weighted by Crippen LogP contribution is 2.60. The Morgan fingerprint density at radius 3 is 1.97 bits per heavy atom. The number of carbonyl (C=O) groups excluding carboxylic acids is 2. The van der Waals surface area contributed by atoms with Crippen molar-refractivity contribution in [2.45, 2.75) is 108 Å². The minimum atomic E-state index is -6.15. The van der Waals surface area contributed by atoms with Gasteiger partial charge in [0.15, 0.2) is 0 Å². The third-order valence-corrected chi connectivity index (χ3v) is 7.75. The second-order valence-corrected chi connectivity index (χ2v) is 11.4. The minimum Gasteiger partial charge on any atom is -0.463 e. The van der Waals surface area contributed by atoms with E-state index in [0.29, 0.717) is 24.7 Å². The van der Waals surface area contributed by atoms with Crippen LogP contribution in [0.3, 0.4) is 0 Å². The largest absolute Gasteiger partial charge is 0.463 e. The summed E-state index contributed by atoms with van der Waals surface area (Å²) < 4.78 is 106. The molecule has 4 rings (SSSR count). The van der Waals surface area contributed by atoms with Gasteiger partial charge in [-0.25, -0.2) is 8.78 Å². The summed E-state index contributed by atoms with van der Waals surface area (Å²) in [4.78, 5) is 24.5. The average molecular weight is 535 g/mol. The molecule has 4 aliphatic rings. The Hall–Kier alpha value is -1.59. The third kappa shape index (κ3) is 6.45. The molecule has 36 heavy (non-hydrogen) atoms. The topological polar surface area (TPSA) is 61.8 Å². The molecular formula is C24H33F7O5. The first-order valence-electron chi connectivity index (χ1n) is 12.2. The Kier molecular flexibility index (Phi) is 7.74. The molecular weight excluding hydrogens is 501 g/mol. The lowest BCUT2D eigenvalue weighted by Gasteiger charge is -2.61. The van der Waals surface area contributed by atoms with Crippen LogP contribution in [-0.2, 0) is 23.8 Å². The van der Waals surface area contributed by atoms with Crippen LogP contribution in [0.25, 0.3) is 0 Å². The van der Waals surface area contributed by atoms with Gasteiger partial charge >= 0.3 is 24.0 Å². The summed E-state index contributed by atoms with van der Waals surface area (Å²) in [5, 5.41) is 0. The fraction of sp³-hybridized carbons (Fsp3) is 0.917. The van der Waals surface area contributed by atoms with Crippen molar-refractivity contribution in [3.05, 3.63) is 0 Å². The van der Waals surface area contributed by atoms with Gasteiger partial charge in [-0.05, 0) is 64.2 Å². The number of carbonyl (C=O) groups is 2. The monoisotopic (exact) mass is 534 g/mol. The fourth-order valence-corrected chi connectivity index (χ4v) is 6.03. The van der Waals surface area contributed by atoms with E-state index in [4.69, 9.17) is 9.47 Å². The van der Waals surface area contributed by atoms with Gasteiger partial charge in [0.2, 0.25) is 0 Å². The third-order valence-electron chi connectivity index (χ3n) is 7.75. The van der Waals surface area contributed by atoms with Crippen molar-refractivity contribution in [2.24, 2.45) is 17.3 Å². The highest BCUT2D eigenvalue weighted by atomic mass is 19.4. The zero-order chi connectivity index (χ0) is 27.2. The maximum atomic E-state index is 13.6. The van der Waals surface area contributed by atoms with E-state index in [9.17, 15) is 40.3 Å². The van der Waals surface area contributed by atoms with Crippen molar-refractivity contribution in [2.75, 3.05) is 13.2 Å². The lowest BCUT2D eigenvalue weighted by Crippen LogP contribution is -2.62. The molecule has 4 saturated carbocycles. The first-order chi connectivity index (χ1) is 16.3. The molecule has 0 saturated heterocycles. The molecule has 0 aromatic rings. The van der Waals surface area contributed by atoms with E-state index in [2.05, 4.69) is 4.74 Å². The van der Waals surface area contributed by atoms with Crippen LogP contribution < -0.4 is 0 Å². The highest BCUT2D eigenvalue weighted by Gasteiger charge is 2.62. The number of esters is 2. The summed E-state index contributed by atoms with van der Waals surface area (Å²) in [5.41, 5.74) is -1.89. The first-order valence-corrected chi connectivity index (χ1v) is 12.2. The van der Waals surface area contributed by atoms with Crippen LogP contribution in [0, 0.1) is 17.3 Å². The maximum absolute atomic E-state index is 13.6. The van der Waals surface area contributed by atoms with E-state index in [-0.39, 0.29) is 12.6 Å². The number of ether oxygens (including phenoxy) is 3. The fourth-order valence-electron chi connectivity index (χ4n) is 6.03. The van der Waals surface area contributed by atoms with E-state index in [0.717, 1.165) is 32.1 Å². The Morgan fingerprint density at radius 1 is 0.889 bits per heavy atom. The Morgan fingerprint density at radius 2 is 1.44 bits per heavy atom. The van der Waals surface area contributed by atoms with Gasteiger partial charge in [-0.3, -0.25) is 9.59 Å². The second kappa shape index (κ2) is 9.62. The van der Waals surface area contributed by atoms with Gasteiger partial charge in [-0.15, -0.1) is 0 Å². The molecule has 0 aromatic heterocycles. The van der Waals surface area contributed by atoms with Gasteiger partial charge < -0.3 is 14.2 Å². The highest BCUT2D eigenvalue weighted by molar-refractivity contribution is 5.76. The number of halogens is 7. The predicted molar refractivity (Wildman–Crippen MR) is 112 cm³/mol. The van der Waals surface area contributed by atoms with Crippen molar-refractivity contribution < 1.29 is 54.5 Å². The van der Waals surface area contributed by atoms with Crippen molar-refractivity contribution >= 4 is 11.9 Å². The van der Waals surface area contributed by atoms with Crippen LogP contribution in [0.5, 0.6) is 0 Å². The Labute approximate surface area is 205 Å². The maximum Gasteiger partial charge on any atom is 0.453 e. The molecule has 5 nitrogen and oxygen atoms in total. The van der Waals surface area contributed by atoms with Gasteiger partial charge in [-0.1, -0.05) is 6.92 Å². The van der Waals surface area contributed by atoms with Crippen LogP contribution in [0.2, 0.25) is 0 Å². The lowest BCUT2D eigenvalue weighted by atomic mass is 9.52. The van der Waals surface area contributed by atoms with Crippen molar-refractivity contribution in [1.82, 2.24) is 0 Å². The molecule has 0 radical (unpaired) electrons. The summed E-state index contributed by atoms with van der Waals surface area (Å²) in [6, 6.07) is 0. The predicted octanol–water partition coefficient (Wildman–Crippen LogP) is 6.23. The average Bonchev–Trinajstić information content (AvgIpc) is 2.67. The molecule has 2 atom stereocenters. The number of alkyl halides is 7. The summed E-state index contributed by atoms with van der Waals surface area (Å²) in [5.74, 6) is -11.5. The molecule has 0 spiro atoms. The summed E-state index contributed by atoms with van der Waals surface area (Å²) >= 11 is 0. The van der Waals surface area contributed by atoms with Gasteiger partial charge in [-0.2, -0.15) is 22.0 Å². The summed E-state index contributed by atoms with van der Waals surface area (Å²) in [6.07, 6.45) is -5.88. The van der Waals surface area contributed by atoms with Gasteiger partial charge in [0.25, 0.3) is 5.92 Å². The molecule has 0 aliphatic heterocycles. The van der Waals surface area contributed by atoms with E-state index in [1.807, 2.05) is 20.8 Å². The first kappa shape index (κ1) is 29.0. The quantitative estimate of drug-likeness (QED) is 0.179. The number of rotatable bonds is 11. The van der Waals surface area contributed by atoms with Crippen molar-refractivity contribution in [3.63, 3.8) is 0 Å². The Balaban J connectivity index is 1.51. The van der Waals surface area contributed by atoms with Crippen molar-refractivity contribution in [1.29, 1.82) is 0 Å². The number of hydrogen-bond donors (Lipinski definition) is 0. The van der Waals surface area contributed by atoms with Gasteiger partial charge in [0, 0.05) is 6.42 Å². The molecule has 12 heteroatoms. The van der Waals surface area contributed by atoms with E-state index in [1.54, 1.807) is 0 Å². The molecule has 0 heterocycles. The molecule has 0 amide bonds. The van der Waals surface area contributed by atoms with Crippen LogP contribution in [-0.4, -0.2) is 54.4 Å². The molecule has 4 bridgehead atoms. The number of hydrogen-bond acceptors (Lipinski definition) is 5. The lowest BCUT2D eigenvalue weighted by molar-refractivity contribution is -0.300. The summed E-state index contributed by atoms with van der Waals surface area (Å²) in [7, 11) is 0. The van der Waals surface area contributed by atoms with E-state index >= 15 is 0 Å². The van der Waals surface area contributed by atoms with Crippen LogP contribution >= 0.6 is 0 Å². The van der Waals surface area contributed by atoms with E-state index in [1.165, 1.54) is 0 Å². The zero-order valence-electron chi connectivity index (χ0n) is 20.6. The Bertz CT molecular complexity index is 825. The van der Waals surface area contributed by atoms with Crippen LogP contribution in [0.4, 0.5) is 30.7 Å². The second-order valence-electron chi connectivity index (χ2n) is 11.4. The van der Waals surface area contributed by atoms with Crippen molar-refractivity contribution in [3.8, 4) is 0 Å². The molecule has 0 N–H and O–H groups in total. The minimum absolute atomic E-state index is 0.167. The molecule has 2 unspecified atom stereocenters. The zero-order valence-corrected chi connectivity index (χ0v) is 20.6. The molecule has 4 aliphatic carbocycles.